The van der Waals surface area contributed by atoms with Crippen LogP contribution in [0.3, 0.4) is 0 Å². The van der Waals surface area contributed by atoms with Crippen molar-refractivity contribution >= 4 is 22.8 Å². The first-order chi connectivity index (χ1) is 12.3. The van der Waals surface area contributed by atoms with E-state index in [4.69, 9.17) is 9.72 Å². The minimum absolute atomic E-state index is 0.748. The Kier molecular flexibility index (Phi) is 4.39. The third kappa shape index (κ3) is 3.23. The Bertz CT molecular complexity index is 981. The number of nitrogens with zero attached hydrogens (tertiary/aromatic N) is 3. The minimum Gasteiger partial charge on any atom is -0.497 e. The summed E-state index contributed by atoms with van der Waals surface area (Å²) in [4.78, 5) is 9.21. The summed E-state index contributed by atoms with van der Waals surface area (Å²) in [5.74, 6) is 2.59. The topological polar surface area (TPSA) is 39.9 Å². The molecule has 0 N–H and O–H groups in total. The largest absolute Gasteiger partial charge is 0.497 e. The number of rotatable bonds is 5. The van der Waals surface area contributed by atoms with Gasteiger partial charge in [-0.1, -0.05) is 30.0 Å². The SMILES string of the molecule is COc1ccc(-n2c(CSc3ccccn3)nc3ccccc32)cc1. The van der Waals surface area contributed by atoms with Crippen LogP contribution in [0.4, 0.5) is 0 Å². The zero-order valence-electron chi connectivity index (χ0n) is 13.8. The Labute approximate surface area is 150 Å². The molecule has 0 radical (unpaired) electrons. The monoisotopic (exact) mass is 347 g/mol. The van der Waals surface area contributed by atoms with Crippen LogP contribution < -0.4 is 4.74 Å². The number of para-hydroxylation sites is 2. The first-order valence-corrected chi connectivity index (χ1v) is 8.98. The maximum Gasteiger partial charge on any atom is 0.124 e. The van der Waals surface area contributed by atoms with Crippen molar-refractivity contribution in [3.05, 3.63) is 78.8 Å². The van der Waals surface area contributed by atoms with Crippen molar-refractivity contribution in [1.82, 2.24) is 14.5 Å². The molecule has 2 aromatic carbocycles. The van der Waals surface area contributed by atoms with E-state index in [-0.39, 0.29) is 0 Å². The van der Waals surface area contributed by atoms with Gasteiger partial charge in [-0.05, 0) is 48.5 Å². The average Bonchev–Trinajstić information content (AvgIpc) is 3.05. The highest BCUT2D eigenvalue weighted by atomic mass is 32.2. The van der Waals surface area contributed by atoms with Gasteiger partial charge in [-0.3, -0.25) is 4.57 Å². The molecule has 0 fully saturated rings. The van der Waals surface area contributed by atoms with Gasteiger partial charge in [-0.25, -0.2) is 9.97 Å². The maximum atomic E-state index is 5.27. The number of ether oxygens (including phenoxy) is 1. The highest BCUT2D eigenvalue weighted by molar-refractivity contribution is 7.98. The van der Waals surface area contributed by atoms with Crippen molar-refractivity contribution in [3.63, 3.8) is 0 Å². The fourth-order valence-electron chi connectivity index (χ4n) is 2.76. The molecule has 25 heavy (non-hydrogen) atoms. The first-order valence-electron chi connectivity index (χ1n) is 8.00. The second kappa shape index (κ2) is 6.99. The first kappa shape index (κ1) is 15.7. The molecule has 0 amide bonds. The molecule has 0 aliphatic heterocycles. The number of pyridine rings is 1. The maximum absolute atomic E-state index is 5.27. The van der Waals surface area contributed by atoms with Crippen LogP contribution in [0.15, 0.2) is 78.0 Å². The van der Waals surface area contributed by atoms with E-state index in [9.17, 15) is 0 Å². The summed E-state index contributed by atoms with van der Waals surface area (Å²) in [6, 6.07) is 22.2. The smallest absolute Gasteiger partial charge is 0.124 e. The summed E-state index contributed by atoms with van der Waals surface area (Å²) in [5.41, 5.74) is 3.17. The number of aromatic nitrogens is 3. The predicted molar refractivity (Wildman–Crippen MR) is 101 cm³/mol. The molecule has 4 rings (SSSR count). The number of imidazole rings is 1. The Morgan fingerprint density at radius 1 is 0.960 bits per heavy atom. The summed E-state index contributed by atoms with van der Waals surface area (Å²) in [6.07, 6.45) is 1.81. The molecule has 0 spiro atoms. The number of hydrogen-bond acceptors (Lipinski definition) is 4. The summed E-state index contributed by atoms with van der Waals surface area (Å²) < 4.78 is 7.47. The van der Waals surface area contributed by atoms with Crippen molar-refractivity contribution in [2.75, 3.05) is 7.11 Å². The lowest BCUT2D eigenvalue weighted by Gasteiger charge is -2.10. The van der Waals surface area contributed by atoms with Gasteiger partial charge in [0.25, 0.3) is 0 Å². The molecule has 4 aromatic rings. The summed E-state index contributed by atoms with van der Waals surface area (Å²) in [7, 11) is 1.68. The molecular formula is C20H17N3OS. The molecule has 124 valence electrons. The fourth-order valence-corrected chi connectivity index (χ4v) is 3.54. The highest BCUT2D eigenvalue weighted by Crippen LogP contribution is 2.27. The molecule has 2 aromatic heterocycles. The van der Waals surface area contributed by atoms with Crippen LogP contribution in [0.25, 0.3) is 16.7 Å². The second-order valence-corrected chi connectivity index (χ2v) is 6.50. The van der Waals surface area contributed by atoms with Crippen molar-refractivity contribution in [1.29, 1.82) is 0 Å². The van der Waals surface area contributed by atoms with Crippen LogP contribution in [0.5, 0.6) is 5.75 Å². The lowest BCUT2D eigenvalue weighted by Crippen LogP contribution is -2.00. The van der Waals surface area contributed by atoms with E-state index in [0.717, 1.165) is 39.1 Å². The van der Waals surface area contributed by atoms with Gasteiger partial charge in [0, 0.05) is 11.9 Å². The molecule has 0 saturated carbocycles. The third-order valence-electron chi connectivity index (χ3n) is 3.95. The van der Waals surface area contributed by atoms with Gasteiger partial charge in [0.15, 0.2) is 0 Å². The average molecular weight is 347 g/mol. The minimum atomic E-state index is 0.748. The van der Waals surface area contributed by atoms with Gasteiger partial charge in [-0.15, -0.1) is 0 Å². The van der Waals surface area contributed by atoms with E-state index in [1.165, 1.54) is 0 Å². The molecule has 0 aliphatic carbocycles. The van der Waals surface area contributed by atoms with Gasteiger partial charge in [0.05, 0.1) is 28.9 Å². The number of hydrogen-bond donors (Lipinski definition) is 0. The summed E-state index contributed by atoms with van der Waals surface area (Å²) in [6.45, 7) is 0. The van der Waals surface area contributed by atoms with Crippen molar-refractivity contribution in [2.45, 2.75) is 10.8 Å². The van der Waals surface area contributed by atoms with Crippen LogP contribution in [0, 0.1) is 0 Å². The van der Waals surface area contributed by atoms with Gasteiger partial charge in [0.2, 0.25) is 0 Å². The van der Waals surface area contributed by atoms with Crippen molar-refractivity contribution < 1.29 is 4.74 Å². The predicted octanol–water partition coefficient (Wildman–Crippen LogP) is 4.72. The standard InChI is InChI=1S/C20H17N3OS/c1-24-16-11-9-15(10-12-16)23-18-7-3-2-6-17(18)22-19(23)14-25-20-8-4-5-13-21-20/h2-13H,14H2,1H3. The zero-order chi connectivity index (χ0) is 17.1. The van der Waals surface area contributed by atoms with E-state index in [1.54, 1.807) is 18.9 Å². The van der Waals surface area contributed by atoms with E-state index < -0.39 is 0 Å². The van der Waals surface area contributed by atoms with Crippen LogP contribution in [0.1, 0.15) is 5.82 Å². The molecule has 0 saturated heterocycles. The fraction of sp³-hybridized carbons (Fsp3) is 0.100. The van der Waals surface area contributed by atoms with Crippen LogP contribution in [-0.2, 0) is 5.75 Å². The Hall–Kier alpha value is -2.79. The molecule has 0 unspecified atom stereocenters. The number of methoxy groups -OCH3 is 1. The van der Waals surface area contributed by atoms with Crippen LogP contribution in [-0.4, -0.2) is 21.6 Å². The van der Waals surface area contributed by atoms with Gasteiger partial charge in [0.1, 0.15) is 11.6 Å². The van der Waals surface area contributed by atoms with E-state index >= 15 is 0 Å². The Morgan fingerprint density at radius 2 is 1.76 bits per heavy atom. The summed E-state index contributed by atoms with van der Waals surface area (Å²) >= 11 is 1.69. The van der Waals surface area contributed by atoms with Crippen molar-refractivity contribution in [3.8, 4) is 11.4 Å². The van der Waals surface area contributed by atoms with E-state index in [2.05, 4.69) is 27.8 Å². The zero-order valence-corrected chi connectivity index (χ0v) is 14.6. The molecule has 0 bridgehead atoms. The lowest BCUT2D eigenvalue weighted by molar-refractivity contribution is 0.414. The molecule has 4 nitrogen and oxygen atoms in total. The van der Waals surface area contributed by atoms with Gasteiger partial charge < -0.3 is 4.74 Å². The van der Waals surface area contributed by atoms with Crippen LogP contribution in [0.2, 0.25) is 0 Å². The van der Waals surface area contributed by atoms with Gasteiger partial charge >= 0.3 is 0 Å². The van der Waals surface area contributed by atoms with E-state index in [1.807, 2.05) is 54.7 Å². The molecule has 0 aliphatic rings. The molecule has 0 atom stereocenters. The second-order valence-electron chi connectivity index (χ2n) is 5.51. The molecule has 2 heterocycles. The number of thioether (sulfide) groups is 1. The summed E-state index contributed by atoms with van der Waals surface area (Å²) in [5, 5.41) is 0.996. The van der Waals surface area contributed by atoms with Crippen LogP contribution >= 0.6 is 11.8 Å². The Morgan fingerprint density at radius 3 is 2.52 bits per heavy atom. The Balaban J connectivity index is 1.75. The lowest BCUT2D eigenvalue weighted by atomic mass is 10.2. The molecular weight excluding hydrogens is 330 g/mol. The molecule has 5 heteroatoms. The van der Waals surface area contributed by atoms with Crippen molar-refractivity contribution in [2.24, 2.45) is 0 Å². The number of benzene rings is 2. The quantitative estimate of drug-likeness (QED) is 0.490. The number of fused-ring (bicyclic) bond motifs is 1. The normalized spacial score (nSPS) is 10.9. The highest BCUT2D eigenvalue weighted by Gasteiger charge is 2.13. The van der Waals surface area contributed by atoms with Gasteiger partial charge in [-0.2, -0.15) is 0 Å². The third-order valence-corrected chi connectivity index (χ3v) is 4.89. The van der Waals surface area contributed by atoms with E-state index in [0.29, 0.717) is 0 Å².